The number of hydrogen-bond donors (Lipinski definition) is 1. The summed E-state index contributed by atoms with van der Waals surface area (Å²) in [5, 5.41) is 10.0. The van der Waals surface area contributed by atoms with Gasteiger partial charge in [-0.3, -0.25) is 4.98 Å². The van der Waals surface area contributed by atoms with Crippen LogP contribution in [-0.2, 0) is 0 Å². The standard InChI is InChI=1S/C14H23NO/c1-3-4-5-6-7-8-14(16)13-11-15-10-9-12(13)2/h9-11,14,16H,3-8H2,1-2H3. The Labute approximate surface area is 98.7 Å². The van der Waals surface area contributed by atoms with Gasteiger partial charge < -0.3 is 5.11 Å². The van der Waals surface area contributed by atoms with E-state index in [0.717, 1.165) is 24.0 Å². The molecule has 1 heterocycles. The molecule has 0 saturated heterocycles. The van der Waals surface area contributed by atoms with Gasteiger partial charge in [-0.25, -0.2) is 0 Å². The number of nitrogens with zero attached hydrogens (tertiary/aromatic N) is 1. The molecule has 0 bridgehead atoms. The fraction of sp³-hybridized carbons (Fsp3) is 0.643. The maximum Gasteiger partial charge on any atom is 0.0807 e. The van der Waals surface area contributed by atoms with Gasteiger partial charge in [0.15, 0.2) is 0 Å². The van der Waals surface area contributed by atoms with Gasteiger partial charge in [0.2, 0.25) is 0 Å². The number of rotatable bonds is 7. The molecule has 0 aliphatic heterocycles. The highest BCUT2D eigenvalue weighted by molar-refractivity contribution is 5.23. The molecule has 16 heavy (non-hydrogen) atoms. The highest BCUT2D eigenvalue weighted by Crippen LogP contribution is 2.21. The minimum Gasteiger partial charge on any atom is -0.388 e. The van der Waals surface area contributed by atoms with E-state index in [9.17, 15) is 5.11 Å². The lowest BCUT2D eigenvalue weighted by Gasteiger charge is -2.12. The Morgan fingerprint density at radius 1 is 1.25 bits per heavy atom. The van der Waals surface area contributed by atoms with Crippen molar-refractivity contribution in [2.75, 3.05) is 0 Å². The first-order valence-corrected chi connectivity index (χ1v) is 6.34. The van der Waals surface area contributed by atoms with Crippen molar-refractivity contribution in [3.63, 3.8) is 0 Å². The molecule has 0 spiro atoms. The highest BCUT2D eigenvalue weighted by Gasteiger charge is 2.09. The highest BCUT2D eigenvalue weighted by atomic mass is 16.3. The zero-order chi connectivity index (χ0) is 11.8. The topological polar surface area (TPSA) is 33.1 Å². The van der Waals surface area contributed by atoms with Crippen molar-refractivity contribution in [2.24, 2.45) is 0 Å². The molecular weight excluding hydrogens is 198 g/mol. The lowest BCUT2D eigenvalue weighted by molar-refractivity contribution is 0.162. The average molecular weight is 221 g/mol. The molecule has 1 rings (SSSR count). The molecule has 1 N–H and O–H groups in total. The first kappa shape index (κ1) is 13.2. The SMILES string of the molecule is CCCCCCCC(O)c1cnccc1C. The maximum absolute atomic E-state index is 10.0. The summed E-state index contributed by atoms with van der Waals surface area (Å²) >= 11 is 0. The van der Waals surface area contributed by atoms with Crippen LogP contribution in [0.3, 0.4) is 0 Å². The van der Waals surface area contributed by atoms with Gasteiger partial charge in [-0.2, -0.15) is 0 Å². The van der Waals surface area contributed by atoms with E-state index in [1.165, 1.54) is 25.7 Å². The van der Waals surface area contributed by atoms with Crippen LogP contribution < -0.4 is 0 Å². The van der Waals surface area contributed by atoms with E-state index in [2.05, 4.69) is 11.9 Å². The number of hydrogen-bond acceptors (Lipinski definition) is 2. The van der Waals surface area contributed by atoms with E-state index in [1.807, 2.05) is 13.0 Å². The Morgan fingerprint density at radius 2 is 2.00 bits per heavy atom. The predicted molar refractivity (Wildman–Crippen MR) is 67.3 cm³/mol. The zero-order valence-electron chi connectivity index (χ0n) is 10.4. The van der Waals surface area contributed by atoms with Gasteiger partial charge in [0, 0.05) is 18.0 Å². The molecule has 0 aromatic carbocycles. The predicted octanol–water partition coefficient (Wildman–Crippen LogP) is 3.78. The summed E-state index contributed by atoms with van der Waals surface area (Å²) in [4.78, 5) is 4.06. The largest absolute Gasteiger partial charge is 0.388 e. The lowest BCUT2D eigenvalue weighted by atomic mass is 10.0. The second kappa shape index (κ2) is 7.39. The zero-order valence-corrected chi connectivity index (χ0v) is 10.4. The summed E-state index contributed by atoms with van der Waals surface area (Å²) < 4.78 is 0. The third kappa shape index (κ3) is 4.31. The molecule has 0 saturated carbocycles. The van der Waals surface area contributed by atoms with Crippen molar-refractivity contribution in [3.05, 3.63) is 29.6 Å². The fourth-order valence-corrected chi connectivity index (χ4v) is 1.92. The maximum atomic E-state index is 10.0. The van der Waals surface area contributed by atoms with Gasteiger partial charge in [0.25, 0.3) is 0 Å². The van der Waals surface area contributed by atoms with Crippen LogP contribution in [0.1, 0.15) is 62.7 Å². The van der Waals surface area contributed by atoms with Gasteiger partial charge in [0.05, 0.1) is 6.10 Å². The molecular formula is C14H23NO. The van der Waals surface area contributed by atoms with Crippen LogP contribution >= 0.6 is 0 Å². The normalized spacial score (nSPS) is 12.7. The minimum atomic E-state index is -0.338. The Bertz CT molecular complexity index is 299. The van der Waals surface area contributed by atoms with E-state index in [0.29, 0.717) is 0 Å². The van der Waals surface area contributed by atoms with Crippen LogP contribution in [0.15, 0.2) is 18.5 Å². The number of aliphatic hydroxyl groups is 1. The summed E-state index contributed by atoms with van der Waals surface area (Å²) in [5.74, 6) is 0. The van der Waals surface area contributed by atoms with Crippen molar-refractivity contribution in [1.29, 1.82) is 0 Å². The van der Waals surface area contributed by atoms with Gasteiger partial charge in [-0.1, -0.05) is 39.0 Å². The van der Waals surface area contributed by atoms with Gasteiger partial charge >= 0.3 is 0 Å². The second-order valence-corrected chi connectivity index (χ2v) is 4.45. The number of aromatic nitrogens is 1. The molecule has 1 aromatic rings. The molecule has 1 unspecified atom stereocenters. The Morgan fingerprint density at radius 3 is 2.69 bits per heavy atom. The molecule has 0 radical (unpaired) electrons. The van der Waals surface area contributed by atoms with Crippen LogP contribution in [0, 0.1) is 6.92 Å². The first-order valence-electron chi connectivity index (χ1n) is 6.34. The van der Waals surface area contributed by atoms with Crippen molar-refractivity contribution < 1.29 is 5.11 Å². The molecule has 90 valence electrons. The Balaban J connectivity index is 2.30. The van der Waals surface area contributed by atoms with Crippen LogP contribution in [0.25, 0.3) is 0 Å². The summed E-state index contributed by atoms with van der Waals surface area (Å²) in [5.41, 5.74) is 2.12. The molecule has 0 aliphatic rings. The molecule has 2 nitrogen and oxygen atoms in total. The van der Waals surface area contributed by atoms with Crippen molar-refractivity contribution in [3.8, 4) is 0 Å². The summed E-state index contributed by atoms with van der Waals surface area (Å²) in [6, 6.07) is 1.95. The quantitative estimate of drug-likeness (QED) is 0.711. The summed E-state index contributed by atoms with van der Waals surface area (Å²) in [6.07, 6.45) is 10.3. The first-order chi connectivity index (χ1) is 7.75. The molecule has 0 fully saturated rings. The second-order valence-electron chi connectivity index (χ2n) is 4.45. The molecule has 1 aromatic heterocycles. The van der Waals surface area contributed by atoms with Crippen molar-refractivity contribution >= 4 is 0 Å². The lowest BCUT2D eigenvalue weighted by Crippen LogP contribution is -2.00. The summed E-state index contributed by atoms with van der Waals surface area (Å²) in [6.45, 7) is 4.24. The van der Waals surface area contributed by atoms with Crippen molar-refractivity contribution in [1.82, 2.24) is 4.98 Å². The molecule has 0 aliphatic carbocycles. The summed E-state index contributed by atoms with van der Waals surface area (Å²) in [7, 11) is 0. The fourth-order valence-electron chi connectivity index (χ4n) is 1.92. The van der Waals surface area contributed by atoms with Crippen LogP contribution in [-0.4, -0.2) is 10.1 Å². The third-order valence-electron chi connectivity index (χ3n) is 3.02. The average Bonchev–Trinajstić information content (AvgIpc) is 2.29. The monoisotopic (exact) mass is 221 g/mol. The number of pyridine rings is 1. The van der Waals surface area contributed by atoms with E-state index in [-0.39, 0.29) is 6.10 Å². The molecule has 1 atom stereocenters. The van der Waals surface area contributed by atoms with E-state index in [4.69, 9.17) is 0 Å². The van der Waals surface area contributed by atoms with Crippen LogP contribution in [0.2, 0.25) is 0 Å². The number of aliphatic hydroxyl groups excluding tert-OH is 1. The molecule has 2 heteroatoms. The van der Waals surface area contributed by atoms with E-state index in [1.54, 1.807) is 12.4 Å². The van der Waals surface area contributed by atoms with Gasteiger partial charge in [-0.15, -0.1) is 0 Å². The van der Waals surface area contributed by atoms with Crippen LogP contribution in [0.4, 0.5) is 0 Å². The third-order valence-corrected chi connectivity index (χ3v) is 3.02. The minimum absolute atomic E-state index is 0.338. The van der Waals surface area contributed by atoms with Crippen LogP contribution in [0.5, 0.6) is 0 Å². The van der Waals surface area contributed by atoms with E-state index < -0.39 is 0 Å². The smallest absolute Gasteiger partial charge is 0.0807 e. The molecule has 0 amide bonds. The number of aryl methyl sites for hydroxylation is 1. The van der Waals surface area contributed by atoms with Crippen molar-refractivity contribution in [2.45, 2.75) is 58.5 Å². The van der Waals surface area contributed by atoms with E-state index >= 15 is 0 Å². The van der Waals surface area contributed by atoms with Gasteiger partial charge in [-0.05, 0) is 25.0 Å². The number of unbranched alkanes of at least 4 members (excludes halogenated alkanes) is 4. The Kier molecular flexibility index (Phi) is 6.09. The Hall–Kier alpha value is -0.890. The van der Waals surface area contributed by atoms with Gasteiger partial charge in [0.1, 0.15) is 0 Å².